The molecule has 0 bridgehead atoms. The molecule has 1 aliphatic heterocycles. The van der Waals surface area contributed by atoms with Gasteiger partial charge in [0, 0.05) is 34.6 Å². The van der Waals surface area contributed by atoms with Crippen LogP contribution in [0.25, 0.3) is 0 Å². The van der Waals surface area contributed by atoms with E-state index in [1.54, 1.807) is 0 Å². The summed E-state index contributed by atoms with van der Waals surface area (Å²) in [4.78, 5) is 0. The number of hydrogen-bond donors (Lipinski definition) is 0. The van der Waals surface area contributed by atoms with Crippen LogP contribution in [0.4, 0.5) is 26.3 Å². The summed E-state index contributed by atoms with van der Waals surface area (Å²) in [5, 5.41) is 0. The van der Waals surface area contributed by atoms with Gasteiger partial charge in [-0.3, -0.25) is 0 Å². The molecule has 0 saturated carbocycles. The molecule has 0 N–H and O–H groups in total. The summed E-state index contributed by atoms with van der Waals surface area (Å²) in [6.07, 6.45) is 0. The summed E-state index contributed by atoms with van der Waals surface area (Å²) in [5.41, 5.74) is -0.792. The molecule has 0 aliphatic carbocycles. The lowest BCUT2D eigenvalue weighted by atomic mass is 9.61. The van der Waals surface area contributed by atoms with Gasteiger partial charge < -0.3 is 13.7 Å². The van der Waals surface area contributed by atoms with Crippen LogP contribution < -0.4 is 16.4 Å². The molecule has 0 unspecified atom stereocenters. The van der Waals surface area contributed by atoms with Crippen LogP contribution >= 0.6 is 0 Å². The minimum absolute atomic E-state index is 0.264. The minimum Gasteiger partial charge on any atom is -0.444 e. The molecule has 0 atom stereocenters. The van der Waals surface area contributed by atoms with Gasteiger partial charge in [0.05, 0.1) is 0 Å². The normalized spacial score (nSPS) is 14.4. The first-order valence-corrected chi connectivity index (χ1v) is 8.63. The third-order valence-electron chi connectivity index (χ3n) is 4.39. The van der Waals surface area contributed by atoms with Crippen molar-refractivity contribution in [3.63, 3.8) is 0 Å². The zero-order valence-electron chi connectivity index (χ0n) is 14.9. The van der Waals surface area contributed by atoms with Crippen LogP contribution in [-0.2, 0) is 13.7 Å². The number of rotatable bonds is 3. The van der Waals surface area contributed by atoms with Crippen molar-refractivity contribution in [1.82, 2.24) is 0 Å². The van der Waals surface area contributed by atoms with Crippen molar-refractivity contribution in [2.45, 2.75) is 0 Å². The Labute approximate surface area is 168 Å². The molecular weight excluding hydrogens is 411 g/mol. The Morgan fingerprint density at radius 1 is 0.433 bits per heavy atom. The van der Waals surface area contributed by atoms with Gasteiger partial charge in [0.25, 0.3) is 0 Å². The number of benzene rings is 3. The molecule has 30 heavy (non-hydrogen) atoms. The fourth-order valence-corrected chi connectivity index (χ4v) is 2.95. The molecule has 3 aromatic carbocycles. The maximum atomic E-state index is 14.3. The second-order valence-corrected chi connectivity index (χ2v) is 6.40. The van der Waals surface area contributed by atoms with Crippen molar-refractivity contribution < 1.29 is 40.1 Å². The standard InChI is InChI=1S/C18H9B3F6O3/c22-10-1-4-13(16(25)7-10)19-28-20(14-5-2-11(23)8-17(14)26)30-21(29-19)15-6-3-12(24)9-18(15)27/h1-9H. The summed E-state index contributed by atoms with van der Waals surface area (Å²) in [6, 6.07) is 7.70. The molecule has 12 heteroatoms. The molecule has 0 aromatic heterocycles. The Hall–Kier alpha value is -2.69. The van der Waals surface area contributed by atoms with Crippen LogP contribution in [-0.4, -0.2) is 21.4 Å². The van der Waals surface area contributed by atoms with Crippen LogP contribution in [0.1, 0.15) is 0 Å². The van der Waals surface area contributed by atoms with Gasteiger partial charge in [-0.2, -0.15) is 0 Å². The Balaban J connectivity index is 1.75. The van der Waals surface area contributed by atoms with Crippen molar-refractivity contribution in [1.29, 1.82) is 0 Å². The molecule has 150 valence electrons. The van der Waals surface area contributed by atoms with E-state index in [9.17, 15) is 26.3 Å². The zero-order chi connectivity index (χ0) is 21.4. The van der Waals surface area contributed by atoms with Gasteiger partial charge in [-0.05, 0) is 18.2 Å². The molecule has 0 radical (unpaired) electrons. The van der Waals surface area contributed by atoms with E-state index in [-0.39, 0.29) is 16.4 Å². The highest BCUT2D eigenvalue weighted by atomic mass is 19.2. The third kappa shape index (κ3) is 4.11. The van der Waals surface area contributed by atoms with Gasteiger partial charge in [-0.25, -0.2) is 26.3 Å². The Morgan fingerprint density at radius 3 is 0.933 bits per heavy atom. The summed E-state index contributed by atoms with van der Waals surface area (Å²) in [6.45, 7) is 0. The second-order valence-electron chi connectivity index (χ2n) is 6.40. The first-order chi connectivity index (χ1) is 14.3. The first-order valence-electron chi connectivity index (χ1n) is 8.63. The Bertz CT molecular complexity index is 960. The van der Waals surface area contributed by atoms with Gasteiger partial charge >= 0.3 is 21.4 Å². The maximum absolute atomic E-state index is 14.3. The second kappa shape index (κ2) is 8.21. The monoisotopic (exact) mass is 420 g/mol. The molecular formula is C18H9B3F6O3. The van der Waals surface area contributed by atoms with Crippen LogP contribution in [0.15, 0.2) is 54.6 Å². The first kappa shape index (κ1) is 20.6. The van der Waals surface area contributed by atoms with Gasteiger partial charge in [-0.1, -0.05) is 18.2 Å². The van der Waals surface area contributed by atoms with Gasteiger partial charge in [0.2, 0.25) is 0 Å². The van der Waals surface area contributed by atoms with Crippen LogP contribution in [0, 0.1) is 34.9 Å². The fraction of sp³-hybridized carbons (Fsp3) is 0. The van der Waals surface area contributed by atoms with Crippen molar-refractivity contribution in [3.05, 3.63) is 89.5 Å². The fourth-order valence-electron chi connectivity index (χ4n) is 2.95. The smallest absolute Gasteiger partial charge is 0.444 e. The van der Waals surface area contributed by atoms with E-state index in [4.69, 9.17) is 13.7 Å². The molecule has 4 rings (SSSR count). The average Bonchev–Trinajstić information content (AvgIpc) is 2.67. The molecule has 1 aliphatic rings. The molecule has 1 saturated heterocycles. The molecule has 0 amide bonds. The van der Waals surface area contributed by atoms with Crippen molar-refractivity contribution in [3.8, 4) is 0 Å². The molecule has 0 spiro atoms. The largest absolute Gasteiger partial charge is 0.470 e. The minimum atomic E-state index is -1.57. The summed E-state index contributed by atoms with van der Waals surface area (Å²) < 4.78 is 98.9. The van der Waals surface area contributed by atoms with Crippen LogP contribution in [0.3, 0.4) is 0 Å². The highest BCUT2D eigenvalue weighted by molar-refractivity contribution is 6.87. The molecule has 3 aromatic rings. The predicted octanol–water partition coefficient (Wildman–Crippen LogP) is 2.07. The van der Waals surface area contributed by atoms with E-state index >= 15 is 0 Å². The molecule has 3 nitrogen and oxygen atoms in total. The summed E-state index contributed by atoms with van der Waals surface area (Å²) >= 11 is 0. The summed E-state index contributed by atoms with van der Waals surface area (Å²) in [7, 11) is -4.70. The lowest BCUT2D eigenvalue weighted by Gasteiger charge is -2.31. The van der Waals surface area contributed by atoms with E-state index in [0.29, 0.717) is 18.2 Å². The number of halogens is 6. The summed E-state index contributed by atoms with van der Waals surface area (Å²) in [5.74, 6) is -5.66. The maximum Gasteiger partial charge on any atom is 0.470 e. The SMILES string of the molecule is Fc1ccc(B2OB(c3ccc(F)cc3F)OB(c3ccc(F)cc3F)O2)c(F)c1. The van der Waals surface area contributed by atoms with Crippen molar-refractivity contribution >= 4 is 37.7 Å². The van der Waals surface area contributed by atoms with Gasteiger partial charge in [0.15, 0.2) is 0 Å². The predicted molar refractivity (Wildman–Crippen MR) is 98.5 cm³/mol. The molecule has 1 heterocycles. The average molecular weight is 420 g/mol. The van der Waals surface area contributed by atoms with Crippen LogP contribution in [0.2, 0.25) is 0 Å². The quantitative estimate of drug-likeness (QED) is 0.480. The van der Waals surface area contributed by atoms with E-state index < -0.39 is 56.3 Å². The van der Waals surface area contributed by atoms with E-state index in [1.165, 1.54) is 0 Å². The Kier molecular flexibility index (Phi) is 5.63. The Morgan fingerprint density at radius 2 is 0.700 bits per heavy atom. The highest BCUT2D eigenvalue weighted by Crippen LogP contribution is 2.15. The van der Waals surface area contributed by atoms with E-state index in [0.717, 1.165) is 36.4 Å². The topological polar surface area (TPSA) is 27.7 Å². The zero-order valence-corrected chi connectivity index (χ0v) is 14.9. The van der Waals surface area contributed by atoms with E-state index in [2.05, 4.69) is 0 Å². The van der Waals surface area contributed by atoms with E-state index in [1.807, 2.05) is 0 Å². The van der Waals surface area contributed by atoms with Gasteiger partial charge in [0.1, 0.15) is 34.9 Å². The lowest BCUT2D eigenvalue weighted by Crippen LogP contribution is -2.62. The lowest BCUT2D eigenvalue weighted by molar-refractivity contribution is 0.306. The molecule has 1 fully saturated rings. The highest BCUT2D eigenvalue weighted by Gasteiger charge is 2.46. The van der Waals surface area contributed by atoms with Crippen molar-refractivity contribution in [2.75, 3.05) is 0 Å². The number of hydrogen-bond acceptors (Lipinski definition) is 3. The van der Waals surface area contributed by atoms with Gasteiger partial charge in [-0.15, -0.1) is 0 Å². The van der Waals surface area contributed by atoms with Crippen molar-refractivity contribution in [2.24, 2.45) is 0 Å². The third-order valence-corrected chi connectivity index (χ3v) is 4.39. The van der Waals surface area contributed by atoms with Crippen LogP contribution in [0.5, 0.6) is 0 Å².